The van der Waals surface area contributed by atoms with Crippen molar-refractivity contribution in [3.8, 4) is 0 Å². The Morgan fingerprint density at radius 1 is 1.22 bits per heavy atom. The smallest absolute Gasteiger partial charge is 0.243 e. The number of amides is 1. The van der Waals surface area contributed by atoms with Gasteiger partial charge in [-0.3, -0.25) is 9.59 Å². The predicted molar refractivity (Wildman–Crippen MR) is 102 cm³/mol. The highest BCUT2D eigenvalue weighted by Crippen LogP contribution is 2.24. The monoisotopic (exact) mass is 407 g/mol. The average Bonchev–Trinajstić information content (AvgIpc) is 3.20. The lowest BCUT2D eigenvalue weighted by Crippen LogP contribution is -2.42. The van der Waals surface area contributed by atoms with Crippen LogP contribution in [-0.2, 0) is 21.4 Å². The van der Waals surface area contributed by atoms with E-state index in [4.69, 9.17) is 0 Å². The topological polar surface area (TPSA) is 96.4 Å². The van der Waals surface area contributed by atoms with Crippen molar-refractivity contribution in [2.75, 3.05) is 13.1 Å². The molecule has 2 aromatic rings. The molecular weight excluding hydrogens is 386 g/mol. The van der Waals surface area contributed by atoms with Crippen molar-refractivity contribution in [1.29, 1.82) is 0 Å². The molecule has 1 saturated heterocycles. The summed E-state index contributed by atoms with van der Waals surface area (Å²) in [7, 11) is -3.62. The molecule has 1 aromatic heterocycles. The average molecular weight is 408 g/mol. The highest BCUT2D eigenvalue weighted by molar-refractivity contribution is 7.89. The van der Waals surface area contributed by atoms with Crippen molar-refractivity contribution < 1.29 is 18.0 Å². The third-order valence-corrected chi connectivity index (χ3v) is 7.20. The molecule has 27 heavy (non-hydrogen) atoms. The van der Waals surface area contributed by atoms with E-state index in [0.29, 0.717) is 38.0 Å². The normalized spacial score (nSPS) is 16.2. The molecule has 3 rings (SSSR count). The summed E-state index contributed by atoms with van der Waals surface area (Å²) in [6.45, 7) is 2.42. The van der Waals surface area contributed by atoms with E-state index in [1.54, 1.807) is 5.51 Å². The number of hydrogen-bond donors (Lipinski definition) is 1. The van der Waals surface area contributed by atoms with Crippen molar-refractivity contribution in [1.82, 2.24) is 14.6 Å². The molecule has 0 spiro atoms. The Bertz CT molecular complexity index is 901. The summed E-state index contributed by atoms with van der Waals surface area (Å²) in [5.41, 5.74) is 3.01. The molecule has 0 unspecified atom stereocenters. The molecule has 1 aliphatic heterocycles. The summed E-state index contributed by atoms with van der Waals surface area (Å²) >= 11 is 1.48. The molecule has 1 N–H and O–H groups in total. The molecule has 0 saturated carbocycles. The second kappa shape index (κ2) is 8.28. The van der Waals surface area contributed by atoms with E-state index >= 15 is 0 Å². The number of nitrogens with one attached hydrogen (secondary N) is 1. The minimum Gasteiger partial charge on any atom is -0.350 e. The lowest BCUT2D eigenvalue weighted by Gasteiger charge is -2.30. The minimum absolute atomic E-state index is 0.0640. The number of rotatable bonds is 6. The number of piperidine rings is 1. The van der Waals surface area contributed by atoms with E-state index in [1.165, 1.54) is 46.8 Å². The fraction of sp³-hybridized carbons (Fsp3) is 0.389. The first-order valence-corrected chi connectivity index (χ1v) is 11.0. The van der Waals surface area contributed by atoms with Gasteiger partial charge in [0.2, 0.25) is 15.9 Å². The molecule has 0 atom stereocenters. The fourth-order valence-electron chi connectivity index (χ4n) is 3.02. The number of ketones is 1. The number of nitrogens with zero attached hydrogens (tertiary/aromatic N) is 2. The molecule has 0 aliphatic carbocycles. The van der Waals surface area contributed by atoms with E-state index in [1.807, 2.05) is 5.38 Å². The third-order valence-electron chi connectivity index (χ3n) is 4.65. The molecule has 144 valence electrons. The summed E-state index contributed by atoms with van der Waals surface area (Å²) in [6, 6.07) is 5.96. The van der Waals surface area contributed by atoms with Gasteiger partial charge in [-0.05, 0) is 31.9 Å². The van der Waals surface area contributed by atoms with Gasteiger partial charge in [-0.15, -0.1) is 11.3 Å². The van der Waals surface area contributed by atoms with E-state index < -0.39 is 10.0 Å². The molecule has 2 heterocycles. The van der Waals surface area contributed by atoms with Crippen molar-refractivity contribution in [3.63, 3.8) is 0 Å². The van der Waals surface area contributed by atoms with Crippen LogP contribution in [-0.4, -0.2) is 42.5 Å². The first-order valence-electron chi connectivity index (χ1n) is 8.64. The summed E-state index contributed by atoms with van der Waals surface area (Å²) in [5.74, 6) is -0.371. The standard InChI is InChI=1S/C18H21N3O4S2/c1-13(22)14-2-4-17(5-3-14)27(24,25)21-8-6-15(7-9-21)18(23)19-10-16-11-26-12-20-16/h2-5,11-12,15H,6-10H2,1H3,(H,19,23). The van der Waals surface area contributed by atoms with Crippen LogP contribution in [0.2, 0.25) is 0 Å². The largest absolute Gasteiger partial charge is 0.350 e. The molecule has 1 aliphatic rings. The number of hydrogen-bond acceptors (Lipinski definition) is 6. The van der Waals surface area contributed by atoms with Crippen LogP contribution in [0.3, 0.4) is 0 Å². The van der Waals surface area contributed by atoms with Gasteiger partial charge in [0.15, 0.2) is 5.78 Å². The van der Waals surface area contributed by atoms with Gasteiger partial charge < -0.3 is 5.32 Å². The van der Waals surface area contributed by atoms with Crippen LogP contribution in [0.5, 0.6) is 0 Å². The number of sulfonamides is 1. The predicted octanol–water partition coefficient (Wildman–Crippen LogP) is 2.06. The highest BCUT2D eigenvalue weighted by Gasteiger charge is 2.32. The molecule has 1 aromatic carbocycles. The third kappa shape index (κ3) is 4.60. The van der Waals surface area contributed by atoms with Crippen LogP contribution in [0.1, 0.15) is 35.8 Å². The van der Waals surface area contributed by atoms with Gasteiger partial charge in [0.1, 0.15) is 0 Å². The summed E-state index contributed by atoms with van der Waals surface area (Å²) < 4.78 is 26.9. The van der Waals surface area contributed by atoms with E-state index in [2.05, 4.69) is 10.3 Å². The number of thiazole rings is 1. The van der Waals surface area contributed by atoms with Gasteiger partial charge in [0.05, 0.1) is 22.6 Å². The Hall–Kier alpha value is -2.10. The minimum atomic E-state index is -3.62. The Labute approximate surface area is 162 Å². The SMILES string of the molecule is CC(=O)c1ccc(S(=O)(=O)N2CCC(C(=O)NCc3cscn3)CC2)cc1. The van der Waals surface area contributed by atoms with Crippen LogP contribution < -0.4 is 5.32 Å². The summed E-state index contributed by atoms with van der Waals surface area (Å²) in [6.07, 6.45) is 0.960. The Morgan fingerprint density at radius 2 is 1.89 bits per heavy atom. The van der Waals surface area contributed by atoms with Gasteiger partial charge in [-0.1, -0.05) is 12.1 Å². The number of Topliss-reactive ketones (excluding diaryl/α,β-unsaturated/α-hetero) is 1. The lowest BCUT2D eigenvalue weighted by molar-refractivity contribution is -0.126. The maximum atomic E-state index is 12.8. The number of benzene rings is 1. The van der Waals surface area contributed by atoms with Gasteiger partial charge in [-0.2, -0.15) is 4.31 Å². The van der Waals surface area contributed by atoms with E-state index in [0.717, 1.165) is 5.69 Å². The first-order chi connectivity index (χ1) is 12.9. The molecule has 1 fully saturated rings. The van der Waals surface area contributed by atoms with Crippen molar-refractivity contribution >= 4 is 33.1 Å². The number of carbonyl (C=O) groups is 2. The van der Waals surface area contributed by atoms with Crippen molar-refractivity contribution in [2.24, 2.45) is 5.92 Å². The highest BCUT2D eigenvalue weighted by atomic mass is 32.2. The molecule has 0 radical (unpaired) electrons. The van der Waals surface area contributed by atoms with Gasteiger partial charge >= 0.3 is 0 Å². The summed E-state index contributed by atoms with van der Waals surface area (Å²) in [4.78, 5) is 27.9. The summed E-state index contributed by atoms with van der Waals surface area (Å²) in [5, 5.41) is 4.74. The fourth-order valence-corrected chi connectivity index (χ4v) is 5.04. The quantitative estimate of drug-likeness (QED) is 0.740. The Morgan fingerprint density at radius 3 is 2.44 bits per heavy atom. The van der Waals surface area contributed by atoms with Crippen LogP contribution >= 0.6 is 11.3 Å². The molecule has 7 nitrogen and oxygen atoms in total. The second-order valence-electron chi connectivity index (χ2n) is 6.46. The Kier molecular flexibility index (Phi) is 6.03. The van der Waals surface area contributed by atoms with Crippen LogP contribution in [0.15, 0.2) is 40.1 Å². The lowest BCUT2D eigenvalue weighted by atomic mass is 9.97. The van der Waals surface area contributed by atoms with Crippen LogP contribution in [0.25, 0.3) is 0 Å². The van der Waals surface area contributed by atoms with Crippen molar-refractivity contribution in [2.45, 2.75) is 31.2 Å². The molecule has 9 heteroatoms. The zero-order valence-corrected chi connectivity index (χ0v) is 16.6. The van der Waals surface area contributed by atoms with Gasteiger partial charge in [0.25, 0.3) is 0 Å². The van der Waals surface area contributed by atoms with Crippen LogP contribution in [0.4, 0.5) is 0 Å². The zero-order chi connectivity index (χ0) is 19.4. The second-order valence-corrected chi connectivity index (χ2v) is 9.11. The molecule has 0 bridgehead atoms. The van der Waals surface area contributed by atoms with E-state index in [9.17, 15) is 18.0 Å². The number of aromatic nitrogens is 1. The Balaban J connectivity index is 1.57. The molecule has 1 amide bonds. The van der Waals surface area contributed by atoms with Crippen molar-refractivity contribution in [3.05, 3.63) is 46.4 Å². The van der Waals surface area contributed by atoms with E-state index in [-0.39, 0.29) is 22.5 Å². The maximum Gasteiger partial charge on any atom is 0.243 e. The first kappa shape index (κ1) is 19.7. The number of carbonyl (C=O) groups excluding carboxylic acids is 2. The maximum absolute atomic E-state index is 12.8. The van der Waals surface area contributed by atoms with Gasteiger partial charge in [-0.25, -0.2) is 13.4 Å². The zero-order valence-electron chi connectivity index (χ0n) is 14.9. The molecular formula is C18H21N3O4S2. The van der Waals surface area contributed by atoms with Crippen LogP contribution in [0, 0.1) is 5.92 Å². The van der Waals surface area contributed by atoms with Gasteiger partial charge in [0, 0.05) is 30.0 Å².